The van der Waals surface area contributed by atoms with Crippen LogP contribution in [0.3, 0.4) is 0 Å². The number of likely N-dealkylation sites (N-methyl/N-ethyl adjacent to an activating group) is 1. The molecule has 1 heterocycles. The number of aliphatic hydroxyl groups is 1. The number of amides is 2. The van der Waals surface area contributed by atoms with Gasteiger partial charge in [0.25, 0.3) is 11.8 Å². The molecule has 1 atom stereocenters. The van der Waals surface area contributed by atoms with E-state index in [1.54, 1.807) is 66.5 Å². The molecular formula is C20H18ClN3O3S. The van der Waals surface area contributed by atoms with Crippen LogP contribution < -0.4 is 5.32 Å². The van der Waals surface area contributed by atoms with E-state index in [1.165, 1.54) is 16.2 Å². The van der Waals surface area contributed by atoms with Gasteiger partial charge in [0.1, 0.15) is 5.69 Å². The average Bonchev–Trinajstić information content (AvgIpc) is 3.23. The second-order valence-electron chi connectivity index (χ2n) is 6.13. The lowest BCUT2D eigenvalue weighted by molar-refractivity contribution is 0.0682. The fourth-order valence-corrected chi connectivity index (χ4v) is 3.39. The lowest BCUT2D eigenvalue weighted by Gasteiger charge is -2.22. The molecule has 0 radical (unpaired) electrons. The van der Waals surface area contributed by atoms with Gasteiger partial charge in [-0.2, -0.15) is 0 Å². The Morgan fingerprint density at radius 2 is 2.04 bits per heavy atom. The van der Waals surface area contributed by atoms with Crippen molar-refractivity contribution in [2.75, 3.05) is 18.9 Å². The molecule has 0 saturated heterocycles. The largest absolute Gasteiger partial charge is 0.387 e. The number of aliphatic hydroxyl groups excluding tert-OH is 1. The van der Waals surface area contributed by atoms with E-state index in [0.717, 1.165) is 0 Å². The number of halogens is 1. The number of nitrogens with zero attached hydrogens (tertiary/aromatic N) is 2. The molecule has 3 aromatic rings. The lowest BCUT2D eigenvalue weighted by Crippen LogP contribution is -2.32. The van der Waals surface area contributed by atoms with Crippen molar-refractivity contribution in [1.82, 2.24) is 9.88 Å². The Bertz CT molecular complexity index is 978. The highest BCUT2D eigenvalue weighted by Crippen LogP contribution is 2.21. The fourth-order valence-electron chi connectivity index (χ4n) is 2.66. The molecule has 3 rings (SSSR count). The summed E-state index contributed by atoms with van der Waals surface area (Å²) >= 11 is 7.27. The summed E-state index contributed by atoms with van der Waals surface area (Å²) < 4.78 is 0. The van der Waals surface area contributed by atoms with Crippen molar-refractivity contribution in [3.63, 3.8) is 0 Å². The first-order valence-electron chi connectivity index (χ1n) is 8.43. The van der Waals surface area contributed by atoms with Gasteiger partial charge in [-0.05, 0) is 29.8 Å². The second-order valence-corrected chi connectivity index (χ2v) is 7.28. The molecule has 2 amide bonds. The molecule has 0 aliphatic rings. The monoisotopic (exact) mass is 415 g/mol. The minimum absolute atomic E-state index is 0.0769. The van der Waals surface area contributed by atoms with E-state index < -0.39 is 6.10 Å². The summed E-state index contributed by atoms with van der Waals surface area (Å²) in [6.45, 7) is 0.0769. The average molecular weight is 416 g/mol. The van der Waals surface area contributed by atoms with Gasteiger partial charge >= 0.3 is 0 Å². The van der Waals surface area contributed by atoms with Crippen molar-refractivity contribution in [3.8, 4) is 0 Å². The first-order chi connectivity index (χ1) is 13.5. The molecular weight excluding hydrogens is 398 g/mol. The van der Waals surface area contributed by atoms with Gasteiger partial charge in [-0.3, -0.25) is 9.59 Å². The third-order valence-corrected chi connectivity index (χ3v) is 4.92. The zero-order valence-electron chi connectivity index (χ0n) is 15.0. The summed E-state index contributed by atoms with van der Waals surface area (Å²) in [5.41, 5.74) is 3.19. The normalized spacial score (nSPS) is 11.7. The number of hydrogen-bond donors (Lipinski definition) is 2. The third-order valence-electron chi connectivity index (χ3n) is 4.10. The van der Waals surface area contributed by atoms with Gasteiger partial charge in [-0.25, -0.2) is 4.98 Å². The van der Waals surface area contributed by atoms with E-state index >= 15 is 0 Å². The Morgan fingerprint density at radius 3 is 2.75 bits per heavy atom. The molecule has 8 heteroatoms. The van der Waals surface area contributed by atoms with Crippen LogP contribution in [0.1, 0.15) is 32.5 Å². The van der Waals surface area contributed by atoms with Crippen molar-refractivity contribution >= 4 is 40.4 Å². The van der Waals surface area contributed by atoms with Crippen LogP contribution in [0.2, 0.25) is 5.02 Å². The number of nitrogens with one attached hydrogen (secondary N) is 1. The number of hydrogen-bond acceptors (Lipinski definition) is 5. The van der Waals surface area contributed by atoms with Crippen molar-refractivity contribution in [2.45, 2.75) is 6.10 Å². The van der Waals surface area contributed by atoms with Crippen LogP contribution >= 0.6 is 22.9 Å². The maximum absolute atomic E-state index is 12.9. The number of aromatic nitrogens is 1. The maximum atomic E-state index is 12.9. The highest BCUT2D eigenvalue weighted by atomic mass is 35.5. The Kier molecular flexibility index (Phi) is 6.41. The Labute approximate surface area is 171 Å². The molecule has 2 N–H and O–H groups in total. The van der Waals surface area contributed by atoms with Crippen LogP contribution in [0.25, 0.3) is 0 Å². The molecule has 2 aromatic carbocycles. The smallest absolute Gasteiger partial charge is 0.275 e. The maximum Gasteiger partial charge on any atom is 0.275 e. The molecule has 0 fully saturated rings. The predicted octanol–water partition coefficient (Wildman–Crippen LogP) is 3.85. The summed E-state index contributed by atoms with van der Waals surface area (Å²) in [7, 11) is 1.59. The van der Waals surface area contributed by atoms with Crippen LogP contribution in [-0.2, 0) is 0 Å². The van der Waals surface area contributed by atoms with Gasteiger partial charge in [0, 0.05) is 17.5 Å². The Balaban J connectivity index is 1.74. The first-order valence-corrected chi connectivity index (χ1v) is 9.75. The standard InChI is InChI=1S/C20H18ClN3O3S/c1-24(10-18(25)13-5-4-6-14(21)9-13)20(27)15-7-2-3-8-16(15)23-19(26)17-11-28-12-22-17/h2-9,11-12,18,25H,10H2,1H3,(H,23,26)/t18-/m0/s1. The Morgan fingerprint density at radius 1 is 1.25 bits per heavy atom. The Hall–Kier alpha value is -2.74. The molecule has 144 valence electrons. The van der Waals surface area contributed by atoms with Crippen molar-refractivity contribution in [2.24, 2.45) is 0 Å². The zero-order valence-corrected chi connectivity index (χ0v) is 16.6. The first kappa shape index (κ1) is 20.0. The van der Waals surface area contributed by atoms with Gasteiger partial charge in [-0.1, -0.05) is 35.9 Å². The number of para-hydroxylation sites is 1. The number of carbonyl (C=O) groups excluding carboxylic acids is 2. The van der Waals surface area contributed by atoms with Crippen LogP contribution in [0.5, 0.6) is 0 Å². The van der Waals surface area contributed by atoms with Crippen LogP contribution in [0, 0.1) is 0 Å². The van der Waals surface area contributed by atoms with Gasteiger partial charge in [0.05, 0.1) is 29.4 Å². The van der Waals surface area contributed by atoms with Crippen molar-refractivity contribution in [1.29, 1.82) is 0 Å². The molecule has 0 aliphatic carbocycles. The molecule has 1 aromatic heterocycles. The zero-order chi connectivity index (χ0) is 20.1. The number of carbonyl (C=O) groups is 2. The molecule has 28 heavy (non-hydrogen) atoms. The highest BCUT2D eigenvalue weighted by molar-refractivity contribution is 7.07. The van der Waals surface area contributed by atoms with E-state index in [1.807, 2.05) is 0 Å². The summed E-state index contributed by atoms with van der Waals surface area (Å²) in [5.74, 6) is -0.710. The summed E-state index contributed by atoms with van der Waals surface area (Å²) in [6, 6.07) is 13.6. The third kappa shape index (κ3) is 4.75. The van der Waals surface area contributed by atoms with Crippen molar-refractivity contribution < 1.29 is 14.7 Å². The quantitative estimate of drug-likeness (QED) is 0.640. The van der Waals surface area contributed by atoms with E-state index in [4.69, 9.17) is 11.6 Å². The highest BCUT2D eigenvalue weighted by Gasteiger charge is 2.20. The lowest BCUT2D eigenvalue weighted by atomic mass is 10.1. The number of rotatable bonds is 6. The predicted molar refractivity (Wildman–Crippen MR) is 110 cm³/mol. The minimum atomic E-state index is -0.885. The van der Waals surface area contributed by atoms with E-state index in [-0.39, 0.29) is 24.1 Å². The molecule has 0 saturated carbocycles. The van der Waals surface area contributed by atoms with E-state index in [2.05, 4.69) is 10.3 Å². The van der Waals surface area contributed by atoms with Crippen LogP contribution in [0.4, 0.5) is 5.69 Å². The van der Waals surface area contributed by atoms with Crippen molar-refractivity contribution in [3.05, 3.63) is 81.3 Å². The topological polar surface area (TPSA) is 82.5 Å². The second kappa shape index (κ2) is 8.97. The number of benzene rings is 2. The number of thiazole rings is 1. The van der Waals surface area contributed by atoms with Gasteiger partial charge in [-0.15, -0.1) is 11.3 Å². The van der Waals surface area contributed by atoms with Gasteiger partial charge in [0.15, 0.2) is 0 Å². The summed E-state index contributed by atoms with van der Waals surface area (Å²) in [6.07, 6.45) is -0.885. The molecule has 6 nitrogen and oxygen atoms in total. The van der Waals surface area contributed by atoms with Crippen LogP contribution in [0.15, 0.2) is 59.4 Å². The van der Waals surface area contributed by atoms with E-state index in [0.29, 0.717) is 21.8 Å². The molecule has 0 spiro atoms. The van der Waals surface area contributed by atoms with E-state index in [9.17, 15) is 14.7 Å². The molecule has 0 aliphatic heterocycles. The summed E-state index contributed by atoms with van der Waals surface area (Å²) in [4.78, 5) is 30.5. The number of anilines is 1. The molecule has 0 bridgehead atoms. The molecule has 0 unspecified atom stereocenters. The SMILES string of the molecule is CN(C[C@H](O)c1cccc(Cl)c1)C(=O)c1ccccc1NC(=O)c1cscn1. The summed E-state index contributed by atoms with van der Waals surface area (Å²) in [5, 5.41) is 15.3. The van der Waals surface area contributed by atoms with Crippen LogP contribution in [-0.4, -0.2) is 40.4 Å². The van der Waals surface area contributed by atoms with Gasteiger partial charge < -0.3 is 15.3 Å². The minimum Gasteiger partial charge on any atom is -0.387 e. The fraction of sp³-hybridized carbons (Fsp3) is 0.150. The van der Waals surface area contributed by atoms with Gasteiger partial charge in [0.2, 0.25) is 0 Å².